The lowest BCUT2D eigenvalue weighted by atomic mass is 10.0. The molecule has 4 rings (SSSR count). The van der Waals surface area contributed by atoms with Gasteiger partial charge in [0.1, 0.15) is 5.01 Å². The van der Waals surface area contributed by atoms with E-state index < -0.39 is 22.0 Å². The molecule has 2 aromatic heterocycles. The van der Waals surface area contributed by atoms with E-state index in [0.717, 1.165) is 38.2 Å². The third-order valence-corrected chi connectivity index (χ3v) is 9.02. The molecule has 0 saturated heterocycles. The molecule has 40 heavy (non-hydrogen) atoms. The highest BCUT2D eigenvalue weighted by molar-refractivity contribution is 7.98. The van der Waals surface area contributed by atoms with Crippen LogP contribution in [0.1, 0.15) is 33.0 Å². The molecule has 0 bridgehead atoms. The fourth-order valence-electron chi connectivity index (χ4n) is 4.36. The summed E-state index contributed by atoms with van der Waals surface area (Å²) in [6.07, 6.45) is 4.84. The van der Waals surface area contributed by atoms with E-state index in [1.54, 1.807) is 18.7 Å². The van der Waals surface area contributed by atoms with Gasteiger partial charge in [0.15, 0.2) is 5.78 Å². The number of nitrogens with one attached hydrogen (secondary N) is 1. The van der Waals surface area contributed by atoms with Gasteiger partial charge in [0.05, 0.1) is 30.0 Å². The molecule has 0 spiro atoms. The lowest BCUT2D eigenvalue weighted by Gasteiger charge is -2.16. The second-order valence-electron chi connectivity index (χ2n) is 9.49. The number of hydrogen-bond donors (Lipinski definition) is 2. The molecule has 11 heteroatoms. The zero-order valence-corrected chi connectivity index (χ0v) is 25.0. The fourth-order valence-corrected chi connectivity index (χ4v) is 6.52. The van der Waals surface area contributed by atoms with E-state index in [1.807, 2.05) is 48.0 Å². The van der Waals surface area contributed by atoms with Crippen molar-refractivity contribution < 1.29 is 18.0 Å². The largest absolute Gasteiger partial charge is 0.342 e. The Hall–Kier alpha value is -3.25. The second-order valence-corrected chi connectivity index (χ2v) is 13.3. The number of nitrogens with two attached hydrogens (primary N) is 1. The summed E-state index contributed by atoms with van der Waals surface area (Å²) in [6, 6.07) is 17.0. The standard InChI is InChI=1S/C29H32N4O4S3/c1-19-12-24(17-33(19)40(3,36)37)29(35)32-25(10-11-38-2)27(34)15-28-31-26(18-39-28)23-9-5-8-22(14-23)21-7-4-6-20(13-21)16-30/h4-9,12-14,17-18,25H,10-11,15-16,30H2,1-3H3,(H,32,35)/t25-/m0/s1. The van der Waals surface area contributed by atoms with Crippen molar-refractivity contribution in [3.8, 4) is 22.4 Å². The maximum atomic E-state index is 13.3. The number of hydrogen-bond acceptors (Lipinski definition) is 8. The number of benzene rings is 2. The number of amides is 1. The van der Waals surface area contributed by atoms with Crippen molar-refractivity contribution >= 4 is 44.8 Å². The van der Waals surface area contributed by atoms with E-state index in [-0.39, 0.29) is 17.8 Å². The van der Waals surface area contributed by atoms with Crippen molar-refractivity contribution in [2.45, 2.75) is 32.4 Å². The van der Waals surface area contributed by atoms with Crippen LogP contribution in [-0.2, 0) is 27.8 Å². The van der Waals surface area contributed by atoms with Gasteiger partial charge in [0.25, 0.3) is 5.91 Å². The first kappa shape index (κ1) is 29.7. The molecule has 3 N–H and O–H groups in total. The van der Waals surface area contributed by atoms with Crippen molar-refractivity contribution in [2.24, 2.45) is 5.73 Å². The number of rotatable bonds is 12. The smallest absolute Gasteiger partial charge is 0.253 e. The molecule has 0 aliphatic heterocycles. The number of thiazole rings is 1. The van der Waals surface area contributed by atoms with Gasteiger partial charge < -0.3 is 11.1 Å². The SMILES string of the molecule is CSCC[C@H](NC(=O)c1cc(C)n(S(C)(=O)=O)c1)C(=O)Cc1nc(-c2cccc(-c3cccc(CN)c3)c2)cs1. The Morgan fingerprint density at radius 2 is 1.80 bits per heavy atom. The molecule has 0 radical (unpaired) electrons. The Morgan fingerprint density at radius 1 is 1.10 bits per heavy atom. The Balaban J connectivity index is 1.48. The van der Waals surface area contributed by atoms with Crippen molar-refractivity contribution in [3.05, 3.63) is 88.0 Å². The Labute approximate surface area is 243 Å². The molecule has 0 aliphatic carbocycles. The van der Waals surface area contributed by atoms with Gasteiger partial charge in [-0.1, -0.05) is 36.4 Å². The maximum Gasteiger partial charge on any atom is 0.253 e. The van der Waals surface area contributed by atoms with Gasteiger partial charge in [0.2, 0.25) is 10.0 Å². The summed E-state index contributed by atoms with van der Waals surface area (Å²) in [6.45, 7) is 2.09. The molecule has 0 fully saturated rings. The normalized spacial score (nSPS) is 12.3. The van der Waals surface area contributed by atoms with Crippen LogP contribution in [0, 0.1) is 6.92 Å². The minimum atomic E-state index is -3.53. The third-order valence-electron chi connectivity index (χ3n) is 6.42. The topological polar surface area (TPSA) is 124 Å². The van der Waals surface area contributed by atoms with Gasteiger partial charge in [-0.2, -0.15) is 11.8 Å². The first-order chi connectivity index (χ1) is 19.1. The molecule has 8 nitrogen and oxygen atoms in total. The van der Waals surface area contributed by atoms with Gasteiger partial charge >= 0.3 is 0 Å². The quantitative estimate of drug-likeness (QED) is 0.247. The Kier molecular flexibility index (Phi) is 9.62. The molecule has 4 aromatic rings. The molecule has 2 aromatic carbocycles. The summed E-state index contributed by atoms with van der Waals surface area (Å²) in [5.74, 6) is 0.0525. The summed E-state index contributed by atoms with van der Waals surface area (Å²) in [7, 11) is -3.53. The lowest BCUT2D eigenvalue weighted by molar-refractivity contribution is -0.120. The van der Waals surface area contributed by atoms with E-state index in [1.165, 1.54) is 23.6 Å². The van der Waals surface area contributed by atoms with Crippen LogP contribution in [0.15, 0.2) is 66.2 Å². The Bertz CT molecular complexity index is 1630. The van der Waals surface area contributed by atoms with Crippen LogP contribution in [-0.4, -0.2) is 53.4 Å². The van der Waals surface area contributed by atoms with Crippen LogP contribution >= 0.6 is 23.1 Å². The number of carbonyl (C=O) groups is 2. The number of aryl methyl sites for hydroxylation is 1. The molecule has 1 atom stereocenters. The molecule has 0 saturated carbocycles. The summed E-state index contributed by atoms with van der Waals surface area (Å²) in [5, 5.41) is 5.41. The predicted molar refractivity (Wildman–Crippen MR) is 163 cm³/mol. The predicted octanol–water partition coefficient (Wildman–Crippen LogP) is 4.52. The number of nitrogens with zero attached hydrogens (tertiary/aromatic N) is 2. The van der Waals surface area contributed by atoms with Gasteiger partial charge in [0, 0.05) is 29.4 Å². The van der Waals surface area contributed by atoms with Crippen LogP contribution in [0.4, 0.5) is 0 Å². The van der Waals surface area contributed by atoms with Crippen molar-refractivity contribution in [2.75, 3.05) is 18.3 Å². The van der Waals surface area contributed by atoms with Crippen LogP contribution < -0.4 is 11.1 Å². The molecule has 2 heterocycles. The van der Waals surface area contributed by atoms with Gasteiger partial charge in [-0.15, -0.1) is 11.3 Å². The molecule has 1 amide bonds. The second kappa shape index (κ2) is 12.9. The van der Waals surface area contributed by atoms with E-state index in [9.17, 15) is 18.0 Å². The highest BCUT2D eigenvalue weighted by atomic mass is 32.2. The van der Waals surface area contributed by atoms with Crippen molar-refractivity contribution in [1.29, 1.82) is 0 Å². The highest BCUT2D eigenvalue weighted by Gasteiger charge is 2.24. The zero-order chi connectivity index (χ0) is 28.9. The van der Waals surface area contributed by atoms with E-state index in [2.05, 4.69) is 17.4 Å². The number of Topliss-reactive ketones (excluding diaryl/α,β-unsaturated/α-hetero) is 1. The monoisotopic (exact) mass is 596 g/mol. The number of carbonyl (C=O) groups excluding carboxylic acids is 2. The zero-order valence-electron chi connectivity index (χ0n) is 22.6. The third kappa shape index (κ3) is 7.28. The Morgan fingerprint density at radius 3 is 2.48 bits per heavy atom. The molecule has 0 unspecified atom stereocenters. The molecular weight excluding hydrogens is 565 g/mol. The van der Waals surface area contributed by atoms with Crippen molar-refractivity contribution in [1.82, 2.24) is 14.3 Å². The average Bonchev–Trinajstić information content (AvgIpc) is 3.57. The summed E-state index contributed by atoms with van der Waals surface area (Å²) in [4.78, 5) is 31.0. The van der Waals surface area contributed by atoms with Crippen LogP contribution in [0.2, 0.25) is 0 Å². The molecular formula is C29H32N4O4S3. The summed E-state index contributed by atoms with van der Waals surface area (Å²) < 4.78 is 25.0. The molecule has 210 valence electrons. The van der Waals surface area contributed by atoms with Gasteiger partial charge in [-0.3, -0.25) is 9.59 Å². The van der Waals surface area contributed by atoms with Crippen molar-refractivity contribution in [3.63, 3.8) is 0 Å². The minimum absolute atomic E-state index is 0.0889. The fraction of sp³-hybridized carbons (Fsp3) is 0.276. The average molecular weight is 597 g/mol. The summed E-state index contributed by atoms with van der Waals surface area (Å²) >= 11 is 2.99. The van der Waals surface area contributed by atoms with Gasteiger partial charge in [-0.25, -0.2) is 17.4 Å². The minimum Gasteiger partial charge on any atom is -0.342 e. The van der Waals surface area contributed by atoms with E-state index >= 15 is 0 Å². The summed E-state index contributed by atoms with van der Waals surface area (Å²) in [5.41, 5.74) is 11.3. The molecule has 0 aliphatic rings. The van der Waals surface area contributed by atoms with Crippen LogP contribution in [0.25, 0.3) is 22.4 Å². The van der Waals surface area contributed by atoms with Gasteiger partial charge in [-0.05, 0) is 60.2 Å². The van der Waals surface area contributed by atoms with E-state index in [0.29, 0.717) is 29.4 Å². The van der Waals surface area contributed by atoms with E-state index in [4.69, 9.17) is 10.7 Å². The van der Waals surface area contributed by atoms with Crippen LogP contribution in [0.5, 0.6) is 0 Å². The van der Waals surface area contributed by atoms with Crippen LogP contribution in [0.3, 0.4) is 0 Å². The first-order valence-electron chi connectivity index (χ1n) is 12.7. The number of aromatic nitrogens is 2. The first-order valence-corrected chi connectivity index (χ1v) is 16.8. The number of ketones is 1. The lowest BCUT2D eigenvalue weighted by Crippen LogP contribution is -2.42. The highest BCUT2D eigenvalue weighted by Crippen LogP contribution is 2.28. The number of thioether (sulfide) groups is 1. The maximum absolute atomic E-state index is 13.3.